The van der Waals surface area contributed by atoms with Crippen molar-refractivity contribution in [2.24, 2.45) is 5.73 Å². The second kappa shape index (κ2) is 6.06. The van der Waals surface area contributed by atoms with Crippen molar-refractivity contribution in [1.29, 1.82) is 0 Å². The summed E-state index contributed by atoms with van der Waals surface area (Å²) in [6, 6.07) is 7.00. The number of rotatable bonds is 4. The van der Waals surface area contributed by atoms with Crippen LogP contribution in [0.15, 0.2) is 29.2 Å². The van der Waals surface area contributed by atoms with Crippen molar-refractivity contribution in [3.8, 4) is 5.75 Å². The monoisotopic (exact) mass is 308 g/mol. The Bertz CT molecular complexity index is 596. The van der Waals surface area contributed by atoms with Gasteiger partial charge in [-0.05, 0) is 23.8 Å². The molecular formula is C13H12N2O3S2. The van der Waals surface area contributed by atoms with E-state index in [0.29, 0.717) is 15.0 Å². The first-order chi connectivity index (χ1) is 9.47. The standard InChI is InChI=1S/C13H12N2O3S2/c1-15-12(17)10(20-13(15)19)6-8-2-4-9(5-3-8)18-7-11(14)16/h2-6H,7H2,1H3,(H2,14,16)/b10-6+. The summed E-state index contributed by atoms with van der Waals surface area (Å²) in [5.74, 6) is -0.0845. The molecule has 0 aromatic heterocycles. The van der Waals surface area contributed by atoms with E-state index in [1.807, 2.05) is 0 Å². The second-order valence-corrected chi connectivity index (χ2v) is 5.74. The topological polar surface area (TPSA) is 72.6 Å². The molecule has 0 aliphatic carbocycles. The Morgan fingerprint density at radius 1 is 1.45 bits per heavy atom. The van der Waals surface area contributed by atoms with E-state index in [1.54, 1.807) is 37.4 Å². The largest absolute Gasteiger partial charge is 0.484 e. The van der Waals surface area contributed by atoms with Crippen LogP contribution in [0, 0.1) is 0 Å². The highest BCUT2D eigenvalue weighted by molar-refractivity contribution is 8.26. The maximum atomic E-state index is 11.8. The fourth-order valence-electron chi connectivity index (χ4n) is 1.51. The number of hydrogen-bond donors (Lipinski definition) is 1. The van der Waals surface area contributed by atoms with E-state index >= 15 is 0 Å². The minimum Gasteiger partial charge on any atom is -0.484 e. The molecular weight excluding hydrogens is 296 g/mol. The Morgan fingerprint density at radius 3 is 2.60 bits per heavy atom. The molecule has 2 N–H and O–H groups in total. The van der Waals surface area contributed by atoms with Gasteiger partial charge in [-0.2, -0.15) is 0 Å². The van der Waals surface area contributed by atoms with E-state index in [-0.39, 0.29) is 12.5 Å². The average molecular weight is 308 g/mol. The van der Waals surface area contributed by atoms with Crippen LogP contribution >= 0.6 is 24.0 Å². The minimum absolute atomic E-state index is 0.103. The number of carbonyl (C=O) groups is 2. The van der Waals surface area contributed by atoms with E-state index in [9.17, 15) is 9.59 Å². The van der Waals surface area contributed by atoms with Crippen LogP contribution in [-0.4, -0.2) is 34.7 Å². The van der Waals surface area contributed by atoms with E-state index in [0.717, 1.165) is 5.56 Å². The van der Waals surface area contributed by atoms with Gasteiger partial charge in [-0.15, -0.1) is 0 Å². The molecule has 1 fully saturated rings. The van der Waals surface area contributed by atoms with Gasteiger partial charge >= 0.3 is 0 Å². The van der Waals surface area contributed by atoms with Gasteiger partial charge in [-0.1, -0.05) is 36.1 Å². The second-order valence-electron chi connectivity index (χ2n) is 4.06. The zero-order chi connectivity index (χ0) is 14.7. The number of thioether (sulfide) groups is 1. The molecule has 0 unspecified atom stereocenters. The molecule has 1 aromatic rings. The van der Waals surface area contributed by atoms with Crippen LogP contribution in [0.3, 0.4) is 0 Å². The first-order valence-electron chi connectivity index (χ1n) is 5.70. The van der Waals surface area contributed by atoms with E-state index < -0.39 is 5.91 Å². The van der Waals surface area contributed by atoms with Crippen molar-refractivity contribution in [3.05, 3.63) is 34.7 Å². The molecule has 0 atom stereocenters. The summed E-state index contributed by atoms with van der Waals surface area (Å²) in [7, 11) is 1.65. The van der Waals surface area contributed by atoms with E-state index in [4.69, 9.17) is 22.7 Å². The highest BCUT2D eigenvalue weighted by Crippen LogP contribution is 2.31. The van der Waals surface area contributed by atoms with Crippen molar-refractivity contribution in [1.82, 2.24) is 4.90 Å². The number of ether oxygens (including phenoxy) is 1. The van der Waals surface area contributed by atoms with Gasteiger partial charge in [-0.25, -0.2) is 0 Å². The summed E-state index contributed by atoms with van der Waals surface area (Å²) < 4.78 is 5.70. The molecule has 0 spiro atoms. The third kappa shape index (κ3) is 3.37. The van der Waals surface area contributed by atoms with Crippen LogP contribution in [0.4, 0.5) is 0 Å². The van der Waals surface area contributed by atoms with E-state index in [1.165, 1.54) is 16.7 Å². The molecule has 1 aromatic carbocycles. The minimum atomic E-state index is -0.527. The van der Waals surface area contributed by atoms with Crippen molar-refractivity contribution < 1.29 is 14.3 Å². The Morgan fingerprint density at radius 2 is 2.10 bits per heavy atom. The summed E-state index contributed by atoms with van der Waals surface area (Å²) in [5, 5.41) is 0. The Labute approximate surface area is 125 Å². The molecule has 1 aliphatic rings. The van der Waals surface area contributed by atoms with Gasteiger partial charge in [-0.3, -0.25) is 14.5 Å². The molecule has 0 radical (unpaired) electrons. The fraction of sp³-hybridized carbons (Fsp3) is 0.154. The summed E-state index contributed by atoms with van der Waals surface area (Å²) in [5.41, 5.74) is 5.84. The summed E-state index contributed by atoms with van der Waals surface area (Å²) in [6.07, 6.45) is 1.76. The lowest BCUT2D eigenvalue weighted by Crippen LogP contribution is -2.22. The molecule has 0 saturated carbocycles. The lowest BCUT2D eigenvalue weighted by Gasteiger charge is -2.04. The molecule has 5 nitrogen and oxygen atoms in total. The van der Waals surface area contributed by atoms with Crippen molar-refractivity contribution >= 4 is 46.2 Å². The molecule has 2 amide bonds. The SMILES string of the molecule is CN1C(=O)/C(=C\c2ccc(OCC(N)=O)cc2)SC1=S. The molecule has 7 heteroatoms. The third-order valence-electron chi connectivity index (χ3n) is 2.55. The van der Waals surface area contributed by atoms with Gasteiger partial charge in [0.05, 0.1) is 4.91 Å². The van der Waals surface area contributed by atoms with Gasteiger partial charge in [0.2, 0.25) is 0 Å². The molecule has 0 bridgehead atoms. The Hall–Kier alpha value is -1.86. The lowest BCUT2D eigenvalue weighted by atomic mass is 10.2. The predicted octanol–water partition coefficient (Wildman–Crippen LogP) is 1.38. The van der Waals surface area contributed by atoms with Gasteiger partial charge in [0.1, 0.15) is 10.1 Å². The van der Waals surface area contributed by atoms with Crippen LogP contribution < -0.4 is 10.5 Å². The van der Waals surface area contributed by atoms with Gasteiger partial charge < -0.3 is 10.5 Å². The first-order valence-corrected chi connectivity index (χ1v) is 6.92. The number of amides is 2. The molecule has 104 valence electrons. The zero-order valence-corrected chi connectivity index (χ0v) is 12.3. The first kappa shape index (κ1) is 14.5. The number of nitrogens with two attached hydrogens (primary N) is 1. The maximum absolute atomic E-state index is 11.8. The number of hydrogen-bond acceptors (Lipinski definition) is 5. The normalized spacial score (nSPS) is 16.9. The predicted molar refractivity (Wildman–Crippen MR) is 82.1 cm³/mol. The van der Waals surface area contributed by atoms with Gasteiger partial charge in [0.15, 0.2) is 6.61 Å². The maximum Gasteiger partial charge on any atom is 0.265 e. The smallest absolute Gasteiger partial charge is 0.265 e. The Balaban J connectivity index is 2.09. The van der Waals surface area contributed by atoms with Crippen molar-refractivity contribution in [2.75, 3.05) is 13.7 Å². The average Bonchev–Trinajstić information content (AvgIpc) is 2.65. The molecule has 2 rings (SSSR count). The number of nitrogens with zero attached hydrogens (tertiary/aromatic N) is 1. The van der Waals surface area contributed by atoms with Crippen LogP contribution in [0.5, 0.6) is 5.75 Å². The van der Waals surface area contributed by atoms with Crippen molar-refractivity contribution in [2.45, 2.75) is 0 Å². The van der Waals surface area contributed by atoms with Crippen LogP contribution in [0.1, 0.15) is 5.56 Å². The molecule has 1 heterocycles. The quantitative estimate of drug-likeness (QED) is 0.672. The summed E-state index contributed by atoms with van der Waals surface area (Å²) in [6.45, 7) is -0.159. The van der Waals surface area contributed by atoms with Crippen LogP contribution in [0.2, 0.25) is 0 Å². The molecule has 1 aliphatic heterocycles. The summed E-state index contributed by atoms with van der Waals surface area (Å²) in [4.78, 5) is 24.5. The number of likely N-dealkylation sites (N-methyl/N-ethyl adjacent to an activating group) is 1. The third-order valence-corrected chi connectivity index (χ3v) is 4.03. The zero-order valence-electron chi connectivity index (χ0n) is 10.7. The van der Waals surface area contributed by atoms with Crippen molar-refractivity contribution in [3.63, 3.8) is 0 Å². The number of thiocarbonyl (C=S) groups is 1. The molecule has 1 saturated heterocycles. The highest BCUT2D eigenvalue weighted by atomic mass is 32.2. The Kier molecular flexibility index (Phi) is 4.41. The molecule has 20 heavy (non-hydrogen) atoms. The fourth-order valence-corrected chi connectivity index (χ4v) is 2.69. The number of primary amides is 1. The van der Waals surface area contributed by atoms with Gasteiger partial charge in [0, 0.05) is 7.05 Å². The number of carbonyl (C=O) groups excluding carboxylic acids is 2. The lowest BCUT2D eigenvalue weighted by molar-refractivity contribution is -0.121. The van der Waals surface area contributed by atoms with Crippen LogP contribution in [-0.2, 0) is 9.59 Å². The highest BCUT2D eigenvalue weighted by Gasteiger charge is 2.28. The number of benzene rings is 1. The van der Waals surface area contributed by atoms with E-state index in [2.05, 4.69) is 0 Å². The van der Waals surface area contributed by atoms with Gasteiger partial charge in [0.25, 0.3) is 11.8 Å². The van der Waals surface area contributed by atoms with Crippen LogP contribution in [0.25, 0.3) is 6.08 Å². The summed E-state index contributed by atoms with van der Waals surface area (Å²) >= 11 is 6.33.